The zero-order valence-corrected chi connectivity index (χ0v) is 27.9. The van der Waals surface area contributed by atoms with E-state index in [1.54, 1.807) is 0 Å². The van der Waals surface area contributed by atoms with Gasteiger partial charge in [0.1, 0.15) is 0 Å². The summed E-state index contributed by atoms with van der Waals surface area (Å²) in [6, 6.07) is 50.8. The summed E-state index contributed by atoms with van der Waals surface area (Å²) in [5.74, 6) is 1.78. The molecule has 0 atom stereocenters. The number of hydrogen-bond acceptors (Lipinski definition) is 5. The number of thiophene rings is 1. The molecular weight excluding hydrogens is 645 g/mol. The maximum Gasteiger partial charge on any atom is 0.238 e. The van der Waals surface area contributed by atoms with Gasteiger partial charge in [-0.05, 0) is 48.5 Å². The lowest BCUT2D eigenvalue weighted by molar-refractivity contribution is 0.951. The summed E-state index contributed by atoms with van der Waals surface area (Å²) in [5.41, 5.74) is 7.03. The van der Waals surface area contributed by atoms with Crippen LogP contribution in [-0.4, -0.2) is 29.1 Å². The number of para-hydroxylation sites is 3. The average molecular weight is 671 g/mol. The molecule has 0 saturated carbocycles. The van der Waals surface area contributed by atoms with Gasteiger partial charge in [-0.15, -0.1) is 11.3 Å². The van der Waals surface area contributed by atoms with Gasteiger partial charge in [-0.3, -0.25) is 9.55 Å². The van der Waals surface area contributed by atoms with Crippen LogP contribution in [0, 0.1) is 0 Å². The van der Waals surface area contributed by atoms with Crippen molar-refractivity contribution in [1.82, 2.24) is 29.1 Å². The first-order chi connectivity index (χ1) is 25.3. The number of pyridine rings is 1. The van der Waals surface area contributed by atoms with E-state index in [1.165, 1.54) is 25.6 Å². The zero-order chi connectivity index (χ0) is 33.5. The van der Waals surface area contributed by atoms with Crippen molar-refractivity contribution in [1.29, 1.82) is 0 Å². The van der Waals surface area contributed by atoms with E-state index in [1.807, 2.05) is 41.9 Å². The van der Waals surface area contributed by atoms with Crippen LogP contribution in [0.15, 0.2) is 158 Å². The summed E-state index contributed by atoms with van der Waals surface area (Å²) in [4.78, 5) is 20.3. The summed E-state index contributed by atoms with van der Waals surface area (Å²) in [7, 11) is 0. The van der Waals surface area contributed by atoms with E-state index in [9.17, 15) is 0 Å². The van der Waals surface area contributed by atoms with Crippen LogP contribution >= 0.6 is 11.3 Å². The van der Waals surface area contributed by atoms with Gasteiger partial charge in [-0.1, -0.05) is 97.1 Å². The standard InChI is InChI=1S/C44H26N6S/c1-2-12-27(13-3-1)42-46-43(48-44(47-42)50-33-18-8-4-14-28(33)29-15-5-9-19-34(29)50)31-16-6-10-20-35(31)49-36-22-23-39-41(32-17-7-11-21-38(32)51-39)40(36)30-24-25-45-26-37(30)49/h1-26H. The third-order valence-electron chi connectivity index (χ3n) is 9.89. The predicted octanol–water partition coefficient (Wildman–Crippen LogP) is 11.2. The van der Waals surface area contributed by atoms with E-state index in [0.29, 0.717) is 17.6 Å². The van der Waals surface area contributed by atoms with Gasteiger partial charge < -0.3 is 4.57 Å². The minimum atomic E-state index is 0.571. The first-order valence-corrected chi connectivity index (χ1v) is 17.7. The number of fused-ring (bicyclic) bond motifs is 10. The Balaban J connectivity index is 1.23. The van der Waals surface area contributed by atoms with Crippen LogP contribution in [0.25, 0.3) is 98.2 Å². The molecule has 0 fully saturated rings. The number of nitrogens with zero attached hydrogens (tertiary/aromatic N) is 6. The maximum atomic E-state index is 5.30. The van der Waals surface area contributed by atoms with Gasteiger partial charge in [-0.2, -0.15) is 9.97 Å². The van der Waals surface area contributed by atoms with Crippen molar-refractivity contribution in [2.75, 3.05) is 0 Å². The van der Waals surface area contributed by atoms with Crippen LogP contribution < -0.4 is 0 Å². The number of benzene rings is 6. The first-order valence-electron chi connectivity index (χ1n) is 16.9. The summed E-state index contributed by atoms with van der Waals surface area (Å²) in [5, 5.41) is 7.25. The van der Waals surface area contributed by atoms with E-state index in [4.69, 9.17) is 15.0 Å². The van der Waals surface area contributed by atoms with Crippen LogP contribution in [-0.2, 0) is 0 Å². The first kappa shape index (κ1) is 28.2. The Labute approximate surface area is 295 Å². The Morgan fingerprint density at radius 3 is 1.94 bits per heavy atom. The molecule has 0 unspecified atom stereocenters. The second kappa shape index (κ2) is 10.9. The van der Waals surface area contributed by atoms with E-state index < -0.39 is 0 Å². The van der Waals surface area contributed by atoms with Crippen molar-refractivity contribution >= 4 is 75.1 Å². The Morgan fingerprint density at radius 2 is 1.12 bits per heavy atom. The fraction of sp³-hybridized carbons (Fsp3) is 0. The normalized spacial score (nSPS) is 11.9. The predicted molar refractivity (Wildman–Crippen MR) is 210 cm³/mol. The average Bonchev–Trinajstić information content (AvgIpc) is 3.86. The molecule has 0 saturated heterocycles. The molecule has 7 heteroatoms. The van der Waals surface area contributed by atoms with Gasteiger partial charge in [0.15, 0.2) is 11.6 Å². The van der Waals surface area contributed by atoms with Gasteiger partial charge >= 0.3 is 0 Å². The van der Waals surface area contributed by atoms with Crippen LogP contribution in [0.2, 0.25) is 0 Å². The Bertz CT molecular complexity index is 3100. The highest BCUT2D eigenvalue weighted by Gasteiger charge is 2.22. The molecular formula is C44H26N6S. The zero-order valence-electron chi connectivity index (χ0n) is 27.1. The molecule has 6 nitrogen and oxygen atoms in total. The minimum Gasteiger partial charge on any atom is -0.307 e. The van der Waals surface area contributed by atoms with Gasteiger partial charge in [0.2, 0.25) is 5.95 Å². The lowest BCUT2D eigenvalue weighted by Gasteiger charge is -2.15. The van der Waals surface area contributed by atoms with E-state index in [2.05, 4.69) is 142 Å². The molecule has 0 bridgehead atoms. The molecule has 5 heterocycles. The highest BCUT2D eigenvalue weighted by atomic mass is 32.1. The topological polar surface area (TPSA) is 61.4 Å². The third-order valence-corrected chi connectivity index (χ3v) is 11.0. The SMILES string of the molecule is c1ccc(-c2nc(-c3ccccc3-n3c4cnccc4c4c5c(ccc43)sc3ccccc35)nc(-n3c4ccccc4c4ccccc43)n2)cc1. The smallest absolute Gasteiger partial charge is 0.238 e. The minimum absolute atomic E-state index is 0.571. The van der Waals surface area contributed by atoms with E-state index in [-0.39, 0.29) is 0 Å². The number of aromatic nitrogens is 6. The maximum absolute atomic E-state index is 5.30. The highest BCUT2D eigenvalue weighted by molar-refractivity contribution is 7.26. The highest BCUT2D eigenvalue weighted by Crippen LogP contribution is 2.44. The summed E-state index contributed by atoms with van der Waals surface area (Å²) < 4.78 is 7.04. The molecule has 0 N–H and O–H groups in total. The van der Waals surface area contributed by atoms with Crippen LogP contribution in [0.3, 0.4) is 0 Å². The van der Waals surface area contributed by atoms with Gasteiger partial charge in [0, 0.05) is 59.0 Å². The third kappa shape index (κ3) is 4.16. The molecule has 5 aromatic heterocycles. The summed E-state index contributed by atoms with van der Waals surface area (Å²) in [6.07, 6.45) is 3.86. The van der Waals surface area contributed by atoms with Gasteiger partial charge in [-0.25, -0.2) is 4.98 Å². The lowest BCUT2D eigenvalue weighted by Crippen LogP contribution is -2.07. The largest absolute Gasteiger partial charge is 0.307 e. The fourth-order valence-electron chi connectivity index (χ4n) is 7.73. The number of rotatable bonds is 4. The van der Waals surface area contributed by atoms with Crippen LogP contribution in [0.4, 0.5) is 0 Å². The van der Waals surface area contributed by atoms with E-state index in [0.717, 1.165) is 55.0 Å². The van der Waals surface area contributed by atoms with E-state index >= 15 is 0 Å². The molecule has 0 aliphatic rings. The molecule has 0 amide bonds. The molecule has 11 aromatic rings. The molecule has 0 aliphatic carbocycles. The van der Waals surface area contributed by atoms with Gasteiger partial charge in [0.05, 0.1) is 34.0 Å². The van der Waals surface area contributed by atoms with Crippen molar-refractivity contribution < 1.29 is 0 Å². The monoisotopic (exact) mass is 670 g/mol. The molecule has 0 spiro atoms. The van der Waals surface area contributed by atoms with Crippen LogP contribution in [0.1, 0.15) is 0 Å². The fourth-order valence-corrected chi connectivity index (χ4v) is 8.84. The van der Waals surface area contributed by atoms with Gasteiger partial charge in [0.25, 0.3) is 0 Å². The Kier molecular flexibility index (Phi) is 6.02. The second-order valence-corrected chi connectivity index (χ2v) is 13.8. The molecule has 238 valence electrons. The Morgan fingerprint density at radius 1 is 0.431 bits per heavy atom. The molecule has 6 aromatic carbocycles. The van der Waals surface area contributed by atoms with Crippen molar-refractivity contribution in [3.8, 4) is 34.4 Å². The van der Waals surface area contributed by atoms with Crippen LogP contribution in [0.5, 0.6) is 0 Å². The molecule has 11 rings (SSSR count). The molecule has 51 heavy (non-hydrogen) atoms. The molecule has 0 aliphatic heterocycles. The van der Waals surface area contributed by atoms with Crippen molar-refractivity contribution in [3.05, 3.63) is 158 Å². The molecule has 0 radical (unpaired) electrons. The van der Waals surface area contributed by atoms with Crippen molar-refractivity contribution in [3.63, 3.8) is 0 Å². The Hall–Kier alpha value is -6.70. The second-order valence-electron chi connectivity index (χ2n) is 12.7. The number of hydrogen-bond donors (Lipinski definition) is 0. The summed E-state index contributed by atoms with van der Waals surface area (Å²) in [6.45, 7) is 0. The van der Waals surface area contributed by atoms with Crippen molar-refractivity contribution in [2.45, 2.75) is 0 Å². The lowest BCUT2D eigenvalue weighted by atomic mass is 10.1. The summed E-state index contributed by atoms with van der Waals surface area (Å²) >= 11 is 1.84. The quantitative estimate of drug-likeness (QED) is 0.187. The van der Waals surface area contributed by atoms with Crippen molar-refractivity contribution in [2.24, 2.45) is 0 Å².